The van der Waals surface area contributed by atoms with Gasteiger partial charge >= 0.3 is 0 Å². The molecule has 1 aromatic rings. The van der Waals surface area contributed by atoms with Crippen LogP contribution in [0.2, 0.25) is 5.02 Å². The second-order valence-corrected chi connectivity index (χ2v) is 7.00. The maximum Gasteiger partial charge on any atom is 0.0704 e. The van der Waals surface area contributed by atoms with E-state index in [0.717, 1.165) is 11.6 Å². The van der Waals surface area contributed by atoms with Crippen LogP contribution in [0.4, 0.5) is 0 Å². The summed E-state index contributed by atoms with van der Waals surface area (Å²) >= 11 is 8.06. The van der Waals surface area contributed by atoms with Gasteiger partial charge in [-0.1, -0.05) is 11.6 Å². The van der Waals surface area contributed by atoms with Crippen molar-refractivity contribution >= 4 is 23.4 Å². The molecule has 4 heteroatoms. The molecule has 0 saturated carbocycles. The maximum absolute atomic E-state index is 6.13. The fraction of sp³-hybridized carbons (Fsp3) is 0.600. The lowest BCUT2D eigenvalue weighted by Crippen LogP contribution is -2.32. The Bertz CT molecular complexity index is 454. The van der Waals surface area contributed by atoms with Gasteiger partial charge < -0.3 is 10.1 Å². The number of nitrogens with one attached hydrogen (secondary N) is 1. The first-order valence-electron chi connectivity index (χ1n) is 7.03. The highest BCUT2D eigenvalue weighted by Gasteiger charge is 2.25. The molecule has 3 atom stereocenters. The zero-order valence-corrected chi connectivity index (χ0v) is 12.8. The second kappa shape index (κ2) is 6.04. The molecule has 1 N–H and O–H groups in total. The van der Waals surface area contributed by atoms with E-state index in [9.17, 15) is 0 Å². The fourth-order valence-electron chi connectivity index (χ4n) is 2.89. The van der Waals surface area contributed by atoms with Gasteiger partial charge in [-0.3, -0.25) is 0 Å². The van der Waals surface area contributed by atoms with Crippen LogP contribution in [0.1, 0.15) is 37.8 Å². The number of fused-ring (bicyclic) bond motifs is 1. The van der Waals surface area contributed by atoms with E-state index in [4.69, 9.17) is 16.3 Å². The molecule has 1 saturated heterocycles. The Kier molecular flexibility index (Phi) is 4.37. The highest BCUT2D eigenvalue weighted by molar-refractivity contribution is 7.99. The average Bonchev–Trinajstić information content (AvgIpc) is 2.82. The third-order valence-corrected chi connectivity index (χ3v) is 5.28. The van der Waals surface area contributed by atoms with Crippen LogP contribution in [0.5, 0.6) is 0 Å². The predicted molar refractivity (Wildman–Crippen MR) is 81.1 cm³/mol. The molecule has 2 aliphatic rings. The van der Waals surface area contributed by atoms with Gasteiger partial charge in [0.2, 0.25) is 0 Å². The molecule has 2 aliphatic heterocycles. The van der Waals surface area contributed by atoms with E-state index >= 15 is 0 Å². The van der Waals surface area contributed by atoms with Gasteiger partial charge in [0.05, 0.1) is 12.2 Å². The first-order chi connectivity index (χ1) is 9.22. The Morgan fingerprint density at radius 1 is 1.37 bits per heavy atom. The third kappa shape index (κ3) is 3.27. The van der Waals surface area contributed by atoms with E-state index in [0.29, 0.717) is 18.2 Å². The molecule has 3 unspecified atom stereocenters. The van der Waals surface area contributed by atoms with E-state index in [1.165, 1.54) is 35.5 Å². The summed E-state index contributed by atoms with van der Waals surface area (Å²) in [6, 6.07) is 6.66. The van der Waals surface area contributed by atoms with Crippen LogP contribution in [-0.4, -0.2) is 24.5 Å². The van der Waals surface area contributed by atoms with Gasteiger partial charge in [-0.05, 0) is 55.7 Å². The summed E-state index contributed by atoms with van der Waals surface area (Å²) in [5, 5.41) is 4.50. The quantitative estimate of drug-likeness (QED) is 0.910. The highest BCUT2D eigenvalue weighted by atomic mass is 35.5. The standard InChI is InChI=1S/C15H20ClNOS/c1-10-2-4-12(18-10)9-17-14-6-7-19-15-5-3-11(16)8-13(14)15/h3,5,8,10,12,14,17H,2,4,6-7,9H2,1H3. The first-order valence-corrected chi connectivity index (χ1v) is 8.40. The Labute approximate surface area is 124 Å². The van der Waals surface area contributed by atoms with Crippen LogP contribution in [0, 0.1) is 0 Å². The molecule has 104 valence electrons. The number of hydrogen-bond acceptors (Lipinski definition) is 3. The zero-order valence-electron chi connectivity index (χ0n) is 11.2. The highest BCUT2D eigenvalue weighted by Crippen LogP contribution is 2.37. The minimum absolute atomic E-state index is 0.382. The van der Waals surface area contributed by atoms with Gasteiger partial charge in [-0.25, -0.2) is 0 Å². The third-order valence-electron chi connectivity index (χ3n) is 3.92. The molecule has 0 aromatic heterocycles. The molecule has 19 heavy (non-hydrogen) atoms. The molecule has 1 aromatic carbocycles. The summed E-state index contributed by atoms with van der Waals surface area (Å²) in [6.07, 6.45) is 4.34. The first kappa shape index (κ1) is 13.7. The number of ether oxygens (including phenoxy) is 1. The molecule has 0 amide bonds. The number of thioether (sulfide) groups is 1. The smallest absolute Gasteiger partial charge is 0.0704 e. The van der Waals surface area contributed by atoms with E-state index in [1.54, 1.807) is 0 Å². The molecule has 2 nitrogen and oxygen atoms in total. The topological polar surface area (TPSA) is 21.3 Å². The van der Waals surface area contributed by atoms with E-state index in [-0.39, 0.29) is 0 Å². The Morgan fingerprint density at radius 3 is 3.05 bits per heavy atom. The van der Waals surface area contributed by atoms with Crippen LogP contribution in [0.25, 0.3) is 0 Å². The minimum Gasteiger partial charge on any atom is -0.374 e. The van der Waals surface area contributed by atoms with Gasteiger partial charge in [0.25, 0.3) is 0 Å². The molecule has 0 spiro atoms. The van der Waals surface area contributed by atoms with Crippen molar-refractivity contribution in [3.63, 3.8) is 0 Å². The number of benzene rings is 1. The fourth-order valence-corrected chi connectivity index (χ4v) is 4.17. The van der Waals surface area contributed by atoms with Crippen molar-refractivity contribution in [3.8, 4) is 0 Å². The summed E-state index contributed by atoms with van der Waals surface area (Å²) in [5.41, 5.74) is 1.36. The minimum atomic E-state index is 0.382. The Morgan fingerprint density at radius 2 is 2.26 bits per heavy atom. The van der Waals surface area contributed by atoms with Gasteiger partial charge in [-0.2, -0.15) is 0 Å². The number of rotatable bonds is 3. The van der Waals surface area contributed by atoms with Crippen molar-refractivity contribution in [3.05, 3.63) is 28.8 Å². The van der Waals surface area contributed by atoms with E-state index in [2.05, 4.69) is 24.4 Å². The summed E-state index contributed by atoms with van der Waals surface area (Å²) in [7, 11) is 0. The average molecular weight is 298 g/mol. The zero-order chi connectivity index (χ0) is 13.2. The van der Waals surface area contributed by atoms with Crippen molar-refractivity contribution in [2.45, 2.75) is 49.3 Å². The van der Waals surface area contributed by atoms with Crippen molar-refractivity contribution in [2.75, 3.05) is 12.3 Å². The lowest BCUT2D eigenvalue weighted by molar-refractivity contribution is 0.0541. The molecule has 0 aliphatic carbocycles. The SMILES string of the molecule is CC1CCC(CNC2CCSc3ccc(Cl)cc32)O1. The van der Waals surface area contributed by atoms with Gasteiger partial charge in [0.15, 0.2) is 0 Å². The molecular formula is C15H20ClNOS. The molecule has 3 rings (SSSR count). The van der Waals surface area contributed by atoms with Gasteiger partial charge in [0.1, 0.15) is 0 Å². The predicted octanol–water partition coefficient (Wildman–Crippen LogP) is 4.03. The monoisotopic (exact) mass is 297 g/mol. The lowest BCUT2D eigenvalue weighted by Gasteiger charge is -2.27. The number of hydrogen-bond donors (Lipinski definition) is 1. The van der Waals surface area contributed by atoms with E-state index in [1.807, 2.05) is 17.8 Å². The normalized spacial score (nSPS) is 30.3. The molecule has 0 radical (unpaired) electrons. The van der Waals surface area contributed by atoms with Gasteiger partial charge in [-0.15, -0.1) is 11.8 Å². The van der Waals surface area contributed by atoms with Crippen LogP contribution < -0.4 is 5.32 Å². The Hall–Kier alpha value is -0.220. The second-order valence-electron chi connectivity index (χ2n) is 5.43. The molecule has 2 heterocycles. The molecule has 0 bridgehead atoms. The lowest BCUT2D eigenvalue weighted by atomic mass is 10.0. The van der Waals surface area contributed by atoms with Crippen LogP contribution in [0.3, 0.4) is 0 Å². The summed E-state index contributed by atoms with van der Waals surface area (Å²) in [4.78, 5) is 1.37. The largest absolute Gasteiger partial charge is 0.374 e. The number of halogens is 1. The van der Waals surface area contributed by atoms with Crippen molar-refractivity contribution in [1.82, 2.24) is 5.32 Å². The molecular weight excluding hydrogens is 278 g/mol. The Balaban J connectivity index is 1.64. The van der Waals surface area contributed by atoms with Crippen molar-refractivity contribution in [1.29, 1.82) is 0 Å². The maximum atomic E-state index is 6.13. The van der Waals surface area contributed by atoms with Crippen LogP contribution in [-0.2, 0) is 4.74 Å². The summed E-state index contributed by atoms with van der Waals surface area (Å²) in [5.74, 6) is 1.17. The van der Waals surface area contributed by atoms with Crippen molar-refractivity contribution < 1.29 is 4.74 Å². The molecule has 1 fully saturated rings. The van der Waals surface area contributed by atoms with Crippen molar-refractivity contribution in [2.24, 2.45) is 0 Å². The van der Waals surface area contributed by atoms with Gasteiger partial charge in [0, 0.05) is 22.5 Å². The van der Waals surface area contributed by atoms with E-state index < -0.39 is 0 Å². The van der Waals surface area contributed by atoms with Crippen LogP contribution >= 0.6 is 23.4 Å². The summed E-state index contributed by atoms with van der Waals surface area (Å²) in [6.45, 7) is 3.11. The summed E-state index contributed by atoms with van der Waals surface area (Å²) < 4.78 is 5.87. The van der Waals surface area contributed by atoms with Crippen LogP contribution in [0.15, 0.2) is 23.1 Å².